The Labute approximate surface area is 60.8 Å². The van der Waals surface area contributed by atoms with E-state index >= 15 is 0 Å². The Balaban J connectivity index is 2.27. The quantitative estimate of drug-likeness (QED) is 0.505. The van der Waals surface area contributed by atoms with Crippen molar-refractivity contribution in [1.29, 1.82) is 0 Å². The van der Waals surface area contributed by atoms with Gasteiger partial charge < -0.3 is 9.47 Å². The summed E-state index contributed by atoms with van der Waals surface area (Å²) >= 11 is 0. The topological polar surface area (TPSA) is 18.5 Å². The van der Waals surface area contributed by atoms with E-state index in [0.29, 0.717) is 5.92 Å². The molecule has 0 aromatic carbocycles. The molecule has 0 aliphatic carbocycles. The average molecular weight is 140 g/mol. The summed E-state index contributed by atoms with van der Waals surface area (Å²) in [5, 5.41) is 0. The first-order chi connectivity index (χ1) is 4.72. The highest BCUT2D eigenvalue weighted by Gasteiger charge is 2.45. The molecule has 1 unspecified atom stereocenters. The summed E-state index contributed by atoms with van der Waals surface area (Å²) in [7, 11) is 0. The van der Waals surface area contributed by atoms with Crippen LogP contribution in [0.5, 0.6) is 0 Å². The van der Waals surface area contributed by atoms with Crippen LogP contribution in [0.1, 0.15) is 13.8 Å². The summed E-state index contributed by atoms with van der Waals surface area (Å²) in [6.07, 6.45) is 1.87. The molecule has 0 N–H and O–H groups in total. The number of ether oxygens (including phenoxy) is 2. The maximum absolute atomic E-state index is 5.49. The lowest BCUT2D eigenvalue weighted by molar-refractivity contribution is 0.0296. The molecule has 0 radical (unpaired) electrons. The number of hydrogen-bond donors (Lipinski definition) is 0. The van der Waals surface area contributed by atoms with Gasteiger partial charge in [0.2, 0.25) is 0 Å². The van der Waals surface area contributed by atoms with Gasteiger partial charge in [0.1, 0.15) is 5.60 Å². The highest BCUT2D eigenvalue weighted by Crippen LogP contribution is 2.39. The van der Waals surface area contributed by atoms with E-state index in [0.717, 1.165) is 13.2 Å². The fourth-order valence-electron chi connectivity index (χ4n) is 1.70. The highest BCUT2D eigenvalue weighted by molar-refractivity contribution is 5.15. The van der Waals surface area contributed by atoms with Gasteiger partial charge in [-0.15, -0.1) is 0 Å². The van der Waals surface area contributed by atoms with Gasteiger partial charge in [-0.1, -0.05) is 0 Å². The average Bonchev–Trinajstić information content (AvgIpc) is 2.35. The van der Waals surface area contributed by atoms with Crippen molar-refractivity contribution in [2.75, 3.05) is 13.2 Å². The van der Waals surface area contributed by atoms with Crippen LogP contribution in [0.3, 0.4) is 0 Å². The van der Waals surface area contributed by atoms with Crippen molar-refractivity contribution in [2.24, 2.45) is 5.92 Å². The molecule has 2 aliphatic rings. The Morgan fingerprint density at radius 1 is 1.70 bits per heavy atom. The second kappa shape index (κ2) is 1.76. The first kappa shape index (κ1) is 6.23. The van der Waals surface area contributed by atoms with Crippen molar-refractivity contribution in [3.8, 4) is 0 Å². The summed E-state index contributed by atoms with van der Waals surface area (Å²) in [6, 6.07) is 0. The molecule has 0 aromatic heterocycles. The predicted molar refractivity (Wildman–Crippen MR) is 37.6 cm³/mol. The lowest BCUT2D eigenvalue weighted by Crippen LogP contribution is -2.31. The maximum atomic E-state index is 5.49. The van der Waals surface area contributed by atoms with Gasteiger partial charge in [-0.05, 0) is 19.4 Å². The van der Waals surface area contributed by atoms with Crippen molar-refractivity contribution in [2.45, 2.75) is 19.4 Å². The minimum absolute atomic E-state index is 0.0376. The van der Waals surface area contributed by atoms with Gasteiger partial charge in [0.25, 0.3) is 0 Å². The first-order valence-corrected chi connectivity index (χ1v) is 3.65. The van der Waals surface area contributed by atoms with Crippen LogP contribution < -0.4 is 0 Å². The van der Waals surface area contributed by atoms with Gasteiger partial charge in [0, 0.05) is 5.92 Å². The minimum Gasteiger partial charge on any atom is -0.492 e. The first-order valence-electron chi connectivity index (χ1n) is 3.65. The fourth-order valence-corrected chi connectivity index (χ4v) is 1.70. The Kier molecular flexibility index (Phi) is 1.09. The van der Waals surface area contributed by atoms with Gasteiger partial charge in [-0.25, -0.2) is 0 Å². The van der Waals surface area contributed by atoms with Crippen LogP contribution in [0, 0.1) is 5.92 Å². The normalized spacial score (nSPS) is 44.6. The second-order valence-corrected chi connectivity index (χ2v) is 3.36. The molecule has 2 atom stereocenters. The monoisotopic (exact) mass is 140 g/mol. The molecule has 2 heteroatoms. The van der Waals surface area contributed by atoms with Crippen LogP contribution >= 0.6 is 0 Å². The Hall–Kier alpha value is -0.500. The molecule has 56 valence electrons. The molecule has 1 saturated heterocycles. The molecule has 1 fully saturated rings. The molecular weight excluding hydrogens is 128 g/mol. The van der Waals surface area contributed by atoms with Crippen molar-refractivity contribution in [3.05, 3.63) is 11.8 Å². The molecule has 10 heavy (non-hydrogen) atoms. The molecule has 2 aliphatic heterocycles. The summed E-state index contributed by atoms with van der Waals surface area (Å²) in [4.78, 5) is 0. The van der Waals surface area contributed by atoms with Crippen LogP contribution in [0.2, 0.25) is 0 Å². The zero-order chi connectivity index (χ0) is 7.19. The molecule has 2 nitrogen and oxygen atoms in total. The largest absolute Gasteiger partial charge is 0.492 e. The third-order valence-corrected chi connectivity index (χ3v) is 2.47. The predicted octanol–water partition coefficient (Wildman–Crippen LogP) is 1.33. The summed E-state index contributed by atoms with van der Waals surface area (Å²) in [5.74, 6) is 0.507. The van der Waals surface area contributed by atoms with E-state index in [2.05, 4.69) is 13.8 Å². The number of fused-ring (bicyclic) bond motifs is 1. The Morgan fingerprint density at radius 2 is 2.50 bits per heavy atom. The van der Waals surface area contributed by atoms with Gasteiger partial charge >= 0.3 is 0 Å². The van der Waals surface area contributed by atoms with E-state index in [1.807, 2.05) is 6.26 Å². The summed E-state index contributed by atoms with van der Waals surface area (Å²) in [6.45, 7) is 5.78. The SMILES string of the molecule is CC1=CO[C@@]2(C)COCC12. The Bertz CT molecular complexity index is 186. The molecule has 0 bridgehead atoms. The molecule has 0 spiro atoms. The van der Waals surface area contributed by atoms with E-state index in [1.165, 1.54) is 5.57 Å². The van der Waals surface area contributed by atoms with E-state index < -0.39 is 0 Å². The highest BCUT2D eigenvalue weighted by atomic mass is 16.6. The second-order valence-electron chi connectivity index (χ2n) is 3.36. The van der Waals surface area contributed by atoms with Gasteiger partial charge in [-0.3, -0.25) is 0 Å². The van der Waals surface area contributed by atoms with Crippen LogP contribution in [-0.4, -0.2) is 18.8 Å². The molecule has 0 saturated carbocycles. The van der Waals surface area contributed by atoms with Crippen molar-refractivity contribution >= 4 is 0 Å². The van der Waals surface area contributed by atoms with Crippen LogP contribution in [-0.2, 0) is 9.47 Å². The van der Waals surface area contributed by atoms with E-state index in [9.17, 15) is 0 Å². The number of hydrogen-bond acceptors (Lipinski definition) is 2. The molecular formula is C8H12O2. The lowest BCUT2D eigenvalue weighted by Gasteiger charge is -2.21. The van der Waals surface area contributed by atoms with E-state index in [-0.39, 0.29) is 5.60 Å². The van der Waals surface area contributed by atoms with Crippen molar-refractivity contribution in [1.82, 2.24) is 0 Å². The minimum atomic E-state index is -0.0376. The zero-order valence-corrected chi connectivity index (χ0v) is 6.39. The molecule has 0 aromatic rings. The Morgan fingerprint density at radius 3 is 3.20 bits per heavy atom. The van der Waals surface area contributed by atoms with Gasteiger partial charge in [0.15, 0.2) is 0 Å². The fraction of sp³-hybridized carbons (Fsp3) is 0.750. The summed E-state index contributed by atoms with van der Waals surface area (Å²) in [5.41, 5.74) is 1.28. The molecule has 2 heterocycles. The lowest BCUT2D eigenvalue weighted by atomic mass is 9.90. The third kappa shape index (κ3) is 0.626. The van der Waals surface area contributed by atoms with Gasteiger partial charge in [0.05, 0.1) is 19.5 Å². The van der Waals surface area contributed by atoms with Crippen molar-refractivity contribution in [3.63, 3.8) is 0 Å². The van der Waals surface area contributed by atoms with Crippen molar-refractivity contribution < 1.29 is 9.47 Å². The standard InChI is InChI=1S/C8H12O2/c1-6-3-10-8(2)5-9-4-7(6)8/h3,7H,4-5H2,1-2H3/t7?,8-/m0/s1. The van der Waals surface area contributed by atoms with E-state index in [1.54, 1.807) is 0 Å². The van der Waals surface area contributed by atoms with Crippen LogP contribution in [0.25, 0.3) is 0 Å². The smallest absolute Gasteiger partial charge is 0.137 e. The van der Waals surface area contributed by atoms with E-state index in [4.69, 9.17) is 9.47 Å². The maximum Gasteiger partial charge on any atom is 0.137 e. The molecule has 2 rings (SSSR count). The zero-order valence-electron chi connectivity index (χ0n) is 6.39. The number of rotatable bonds is 0. The van der Waals surface area contributed by atoms with Crippen LogP contribution in [0.15, 0.2) is 11.8 Å². The summed E-state index contributed by atoms with van der Waals surface area (Å²) < 4.78 is 10.8. The molecule has 0 amide bonds. The van der Waals surface area contributed by atoms with Gasteiger partial charge in [-0.2, -0.15) is 0 Å². The van der Waals surface area contributed by atoms with Crippen LogP contribution in [0.4, 0.5) is 0 Å². The third-order valence-electron chi connectivity index (χ3n) is 2.47.